The summed E-state index contributed by atoms with van der Waals surface area (Å²) < 4.78 is 0. The van der Waals surface area contributed by atoms with Crippen LogP contribution in [0.2, 0.25) is 0 Å². The number of nitrogens with zero attached hydrogens (tertiary/aromatic N) is 3. The topological polar surface area (TPSA) is 9.72 Å². The van der Waals surface area contributed by atoms with Crippen molar-refractivity contribution in [1.82, 2.24) is 4.90 Å². The fraction of sp³-hybridized carbons (Fsp3) is 0.529. The van der Waals surface area contributed by atoms with Gasteiger partial charge in [-0.15, -0.1) is 0 Å². The predicted molar refractivity (Wildman–Crippen MR) is 161 cm³/mol. The number of allylic oxidation sites excluding steroid dienone is 4. The number of unbranched alkanes of at least 4 members (excludes halogenated alkanes) is 1. The van der Waals surface area contributed by atoms with Crippen molar-refractivity contribution in [1.29, 1.82) is 0 Å². The quantitative estimate of drug-likeness (QED) is 0.352. The Hall–Kier alpha value is -2.68. The summed E-state index contributed by atoms with van der Waals surface area (Å²) in [4.78, 5) is 7.74. The lowest BCUT2D eigenvalue weighted by atomic mass is 9.88. The molecular formula is C34H49N3. The normalized spacial score (nSPS) is 18.5. The van der Waals surface area contributed by atoms with Crippen LogP contribution >= 0.6 is 0 Å². The van der Waals surface area contributed by atoms with Gasteiger partial charge in [-0.05, 0) is 117 Å². The molecule has 1 unspecified atom stereocenters. The highest BCUT2D eigenvalue weighted by atomic mass is 15.4. The van der Waals surface area contributed by atoms with Crippen molar-refractivity contribution >= 4 is 11.4 Å². The lowest BCUT2D eigenvalue weighted by molar-refractivity contribution is 0.350. The summed E-state index contributed by atoms with van der Waals surface area (Å²) in [6, 6.07) is 9.31. The summed E-state index contributed by atoms with van der Waals surface area (Å²) in [5, 5.41) is 0. The van der Waals surface area contributed by atoms with Gasteiger partial charge >= 0.3 is 0 Å². The average Bonchev–Trinajstić information content (AvgIpc) is 3.07. The van der Waals surface area contributed by atoms with Gasteiger partial charge in [0.25, 0.3) is 0 Å². The van der Waals surface area contributed by atoms with E-state index in [0.717, 1.165) is 25.7 Å². The van der Waals surface area contributed by atoms with Crippen LogP contribution in [-0.4, -0.2) is 24.7 Å². The molecule has 0 spiro atoms. The molecule has 37 heavy (non-hydrogen) atoms. The molecule has 0 N–H and O–H groups in total. The maximum absolute atomic E-state index is 2.62. The lowest BCUT2D eigenvalue weighted by Crippen LogP contribution is -2.34. The first-order valence-electron chi connectivity index (χ1n) is 14.3. The molecule has 2 aromatic carbocycles. The first-order valence-corrected chi connectivity index (χ1v) is 14.3. The summed E-state index contributed by atoms with van der Waals surface area (Å²) in [5.74, 6) is 0.732. The smallest absolute Gasteiger partial charge is 0.0947 e. The van der Waals surface area contributed by atoms with Gasteiger partial charge < -0.3 is 14.7 Å². The molecule has 4 rings (SSSR count). The Balaban J connectivity index is 1.36. The third-order valence-electron chi connectivity index (χ3n) is 8.87. The molecule has 0 bridgehead atoms. The Morgan fingerprint density at radius 1 is 0.622 bits per heavy atom. The van der Waals surface area contributed by atoms with Gasteiger partial charge in [0.05, 0.1) is 6.67 Å². The molecule has 0 fully saturated rings. The van der Waals surface area contributed by atoms with Crippen molar-refractivity contribution in [2.45, 2.75) is 94.9 Å². The average molecular weight is 500 g/mol. The first kappa shape index (κ1) is 27.4. The molecule has 0 aliphatic carbocycles. The van der Waals surface area contributed by atoms with Crippen molar-refractivity contribution in [3.05, 3.63) is 80.3 Å². The third-order valence-corrected chi connectivity index (χ3v) is 8.87. The number of anilines is 2. The van der Waals surface area contributed by atoms with E-state index in [-0.39, 0.29) is 0 Å². The molecule has 2 heterocycles. The number of hydrogen-bond acceptors (Lipinski definition) is 3. The van der Waals surface area contributed by atoms with Crippen LogP contribution in [0.1, 0.15) is 86.8 Å². The molecule has 0 amide bonds. The Kier molecular flexibility index (Phi) is 8.11. The first-order chi connectivity index (χ1) is 17.5. The van der Waals surface area contributed by atoms with Crippen molar-refractivity contribution in [3.63, 3.8) is 0 Å². The molecule has 3 nitrogen and oxygen atoms in total. The summed E-state index contributed by atoms with van der Waals surface area (Å²) in [5.41, 5.74) is 17.0. The van der Waals surface area contributed by atoms with Crippen LogP contribution in [0.25, 0.3) is 0 Å². The molecule has 1 atom stereocenters. The number of aryl methyl sites for hydroxylation is 6. The number of benzene rings is 2. The monoisotopic (exact) mass is 499 g/mol. The van der Waals surface area contributed by atoms with E-state index in [9.17, 15) is 0 Å². The van der Waals surface area contributed by atoms with Crippen molar-refractivity contribution < 1.29 is 0 Å². The fourth-order valence-electron chi connectivity index (χ4n) is 6.94. The van der Waals surface area contributed by atoms with E-state index in [2.05, 4.69) is 108 Å². The Bertz CT molecular complexity index is 1190. The standard InChI is InChI=1S/C34H49N3/c1-22-15-25(4)33(26(5)16-22)36-20-32(19-24(3)29(36)8)13-11-12-14-35-21-37(31(10)30(35)9)34-27(6)17-23(2)18-28(34)7/h15-18,32H,11-14,19-21H2,1-10H3. The summed E-state index contributed by atoms with van der Waals surface area (Å²) in [6.45, 7) is 26.0. The number of hydrogen-bond donors (Lipinski definition) is 0. The van der Waals surface area contributed by atoms with E-state index in [1.807, 2.05) is 0 Å². The Labute approximate surface area is 226 Å². The van der Waals surface area contributed by atoms with Gasteiger partial charge in [0, 0.05) is 41.6 Å². The minimum atomic E-state index is 0.732. The molecule has 0 aromatic heterocycles. The molecule has 2 aliphatic rings. The second kappa shape index (κ2) is 11.0. The largest absolute Gasteiger partial charge is 0.356 e. The SMILES string of the molecule is CC1=C(C)N(c2c(C)cc(C)cc2C)CC(CCCCN2CN(c3c(C)cc(C)cc3C)C(C)=C2C)C1. The van der Waals surface area contributed by atoms with Crippen LogP contribution in [0.5, 0.6) is 0 Å². The van der Waals surface area contributed by atoms with Crippen molar-refractivity contribution in [2.75, 3.05) is 29.6 Å². The second-order valence-corrected chi connectivity index (χ2v) is 12.0. The minimum absolute atomic E-state index is 0.732. The lowest BCUT2D eigenvalue weighted by Gasteiger charge is -2.38. The van der Waals surface area contributed by atoms with E-state index in [4.69, 9.17) is 0 Å². The molecule has 2 aliphatic heterocycles. The fourth-order valence-corrected chi connectivity index (χ4v) is 6.94. The van der Waals surface area contributed by atoms with E-state index >= 15 is 0 Å². The van der Waals surface area contributed by atoms with Crippen molar-refractivity contribution in [2.24, 2.45) is 5.92 Å². The zero-order valence-corrected chi connectivity index (χ0v) is 25.2. The summed E-state index contributed by atoms with van der Waals surface area (Å²) in [7, 11) is 0. The molecule has 0 saturated carbocycles. The van der Waals surface area contributed by atoms with Crippen LogP contribution in [0.15, 0.2) is 46.9 Å². The van der Waals surface area contributed by atoms with Gasteiger partial charge in [-0.3, -0.25) is 0 Å². The highest BCUT2D eigenvalue weighted by Gasteiger charge is 2.28. The predicted octanol–water partition coefficient (Wildman–Crippen LogP) is 8.86. The molecular weight excluding hydrogens is 450 g/mol. The van der Waals surface area contributed by atoms with E-state index in [1.165, 1.54) is 87.5 Å². The van der Waals surface area contributed by atoms with Crippen LogP contribution in [0, 0.1) is 47.5 Å². The van der Waals surface area contributed by atoms with Gasteiger partial charge in [-0.1, -0.05) is 47.4 Å². The zero-order chi connectivity index (χ0) is 27.0. The van der Waals surface area contributed by atoms with E-state index < -0.39 is 0 Å². The molecule has 0 saturated heterocycles. The zero-order valence-electron chi connectivity index (χ0n) is 25.2. The molecule has 3 heteroatoms. The molecule has 0 radical (unpaired) electrons. The minimum Gasteiger partial charge on any atom is -0.356 e. The van der Waals surface area contributed by atoms with Gasteiger partial charge in [-0.25, -0.2) is 0 Å². The van der Waals surface area contributed by atoms with Crippen LogP contribution < -0.4 is 9.80 Å². The number of rotatable bonds is 7. The van der Waals surface area contributed by atoms with Gasteiger partial charge in [0.1, 0.15) is 0 Å². The maximum Gasteiger partial charge on any atom is 0.0947 e. The third kappa shape index (κ3) is 5.61. The van der Waals surface area contributed by atoms with E-state index in [1.54, 1.807) is 5.57 Å². The second-order valence-electron chi connectivity index (χ2n) is 12.0. The van der Waals surface area contributed by atoms with E-state index in [0.29, 0.717) is 0 Å². The highest BCUT2D eigenvalue weighted by Crippen LogP contribution is 2.37. The molecule has 200 valence electrons. The van der Waals surface area contributed by atoms with Gasteiger partial charge in [-0.2, -0.15) is 0 Å². The Morgan fingerprint density at radius 2 is 1.14 bits per heavy atom. The molecule has 2 aromatic rings. The maximum atomic E-state index is 2.62. The van der Waals surface area contributed by atoms with Gasteiger partial charge in [0.2, 0.25) is 0 Å². The summed E-state index contributed by atoms with van der Waals surface area (Å²) >= 11 is 0. The van der Waals surface area contributed by atoms with Crippen molar-refractivity contribution in [3.8, 4) is 0 Å². The summed E-state index contributed by atoms with van der Waals surface area (Å²) in [6.07, 6.45) is 5.10. The van der Waals surface area contributed by atoms with Crippen LogP contribution in [0.3, 0.4) is 0 Å². The Morgan fingerprint density at radius 3 is 1.68 bits per heavy atom. The highest BCUT2D eigenvalue weighted by molar-refractivity contribution is 5.65. The van der Waals surface area contributed by atoms with Crippen LogP contribution in [-0.2, 0) is 0 Å². The van der Waals surface area contributed by atoms with Gasteiger partial charge in [0.15, 0.2) is 0 Å². The van der Waals surface area contributed by atoms with Crippen LogP contribution in [0.4, 0.5) is 11.4 Å².